The van der Waals surface area contributed by atoms with Crippen molar-refractivity contribution in [2.45, 2.75) is 0 Å². The molecular formula is C17H15ClN2O4S. The van der Waals surface area contributed by atoms with Crippen LogP contribution in [0.4, 0.5) is 5.13 Å². The van der Waals surface area contributed by atoms with Gasteiger partial charge in [0.2, 0.25) is 0 Å². The molecule has 0 radical (unpaired) electrons. The smallest absolute Gasteiger partial charge is 0.261 e. The van der Waals surface area contributed by atoms with Gasteiger partial charge in [-0.1, -0.05) is 22.9 Å². The molecule has 25 heavy (non-hydrogen) atoms. The van der Waals surface area contributed by atoms with E-state index in [1.54, 1.807) is 38.5 Å². The molecule has 3 aromatic rings. The molecule has 0 aliphatic rings. The molecule has 8 heteroatoms. The van der Waals surface area contributed by atoms with Crippen LogP contribution in [0.5, 0.6) is 17.2 Å². The lowest BCUT2D eigenvalue weighted by Gasteiger charge is -2.08. The summed E-state index contributed by atoms with van der Waals surface area (Å²) in [5.74, 6) is 1.27. The third kappa shape index (κ3) is 3.47. The standard InChI is InChI=1S/C17H15ClN2O4S/c1-22-12-5-4-9(18)6-10(12)16(21)20-17-19-11-7-13(23-2)14(24-3)8-15(11)25-17/h4-8H,1-3H3,(H,19,20,21). The summed E-state index contributed by atoms with van der Waals surface area (Å²) in [6, 6.07) is 8.44. The van der Waals surface area contributed by atoms with Crippen molar-refractivity contribution in [1.29, 1.82) is 0 Å². The lowest BCUT2D eigenvalue weighted by Crippen LogP contribution is -2.13. The molecule has 0 atom stereocenters. The van der Waals surface area contributed by atoms with E-state index >= 15 is 0 Å². The third-order valence-corrected chi connectivity index (χ3v) is 4.69. The number of amides is 1. The first-order valence-corrected chi connectivity index (χ1v) is 8.42. The summed E-state index contributed by atoms with van der Waals surface area (Å²) in [6.07, 6.45) is 0. The molecule has 0 spiro atoms. The van der Waals surface area contributed by atoms with Crippen molar-refractivity contribution >= 4 is 44.2 Å². The number of nitrogens with one attached hydrogen (secondary N) is 1. The highest BCUT2D eigenvalue weighted by Gasteiger charge is 2.16. The zero-order valence-corrected chi connectivity index (χ0v) is 15.3. The van der Waals surface area contributed by atoms with E-state index in [1.165, 1.54) is 18.4 Å². The monoisotopic (exact) mass is 378 g/mol. The highest BCUT2D eigenvalue weighted by atomic mass is 35.5. The Labute approximate surface area is 153 Å². The van der Waals surface area contributed by atoms with Gasteiger partial charge in [-0.25, -0.2) is 4.98 Å². The molecule has 0 saturated heterocycles. The number of rotatable bonds is 5. The van der Waals surface area contributed by atoms with Gasteiger partial charge in [0.25, 0.3) is 5.91 Å². The van der Waals surface area contributed by atoms with Crippen molar-refractivity contribution in [3.63, 3.8) is 0 Å². The van der Waals surface area contributed by atoms with Crippen molar-refractivity contribution in [3.8, 4) is 17.2 Å². The first-order valence-electron chi connectivity index (χ1n) is 7.23. The second kappa shape index (κ2) is 7.16. The van der Waals surface area contributed by atoms with E-state index in [9.17, 15) is 4.79 Å². The Morgan fingerprint density at radius 2 is 1.72 bits per heavy atom. The van der Waals surface area contributed by atoms with Gasteiger partial charge in [0.1, 0.15) is 5.75 Å². The summed E-state index contributed by atoms with van der Waals surface area (Å²) >= 11 is 7.31. The molecule has 0 aliphatic heterocycles. The van der Waals surface area contributed by atoms with Crippen LogP contribution in [0.2, 0.25) is 5.02 Å². The van der Waals surface area contributed by atoms with Gasteiger partial charge < -0.3 is 14.2 Å². The van der Waals surface area contributed by atoms with Crippen molar-refractivity contribution in [3.05, 3.63) is 40.9 Å². The van der Waals surface area contributed by atoms with E-state index in [-0.39, 0.29) is 5.91 Å². The number of aromatic nitrogens is 1. The number of benzene rings is 2. The molecule has 0 bridgehead atoms. The maximum Gasteiger partial charge on any atom is 0.261 e. The Balaban J connectivity index is 1.93. The number of nitrogens with zero attached hydrogens (tertiary/aromatic N) is 1. The molecule has 1 amide bonds. The number of halogens is 1. The minimum Gasteiger partial charge on any atom is -0.496 e. The minimum absolute atomic E-state index is 0.337. The number of methoxy groups -OCH3 is 3. The predicted molar refractivity (Wildman–Crippen MR) is 98.7 cm³/mol. The van der Waals surface area contributed by atoms with E-state index in [4.69, 9.17) is 25.8 Å². The maximum atomic E-state index is 12.5. The molecule has 1 aromatic heterocycles. The van der Waals surface area contributed by atoms with Gasteiger partial charge in [-0.05, 0) is 18.2 Å². The summed E-state index contributed by atoms with van der Waals surface area (Å²) in [5, 5.41) is 3.68. The van der Waals surface area contributed by atoms with Crippen LogP contribution in [0.1, 0.15) is 10.4 Å². The van der Waals surface area contributed by atoms with Gasteiger partial charge in [0.15, 0.2) is 16.6 Å². The summed E-state index contributed by atoms with van der Waals surface area (Å²) in [6.45, 7) is 0. The number of hydrogen-bond donors (Lipinski definition) is 1. The Bertz CT molecular complexity index is 901. The third-order valence-electron chi connectivity index (χ3n) is 3.52. The molecule has 130 valence electrons. The highest BCUT2D eigenvalue weighted by Crippen LogP contribution is 2.36. The summed E-state index contributed by atoms with van der Waals surface area (Å²) < 4.78 is 16.6. The largest absolute Gasteiger partial charge is 0.496 e. The Morgan fingerprint density at radius 3 is 2.40 bits per heavy atom. The van der Waals surface area contributed by atoms with Crippen LogP contribution in [0.3, 0.4) is 0 Å². The maximum absolute atomic E-state index is 12.5. The second-order valence-corrected chi connectivity index (χ2v) is 6.46. The summed E-state index contributed by atoms with van der Waals surface area (Å²) in [5.41, 5.74) is 1.04. The fourth-order valence-electron chi connectivity index (χ4n) is 2.33. The predicted octanol–water partition coefficient (Wildman–Crippen LogP) is 4.23. The first-order chi connectivity index (χ1) is 12.0. The van der Waals surface area contributed by atoms with Gasteiger partial charge in [-0.3, -0.25) is 10.1 Å². The number of anilines is 1. The Hall–Kier alpha value is -2.51. The topological polar surface area (TPSA) is 69.7 Å². The number of hydrogen-bond acceptors (Lipinski definition) is 6. The van der Waals surface area contributed by atoms with Gasteiger partial charge in [-0.2, -0.15) is 0 Å². The van der Waals surface area contributed by atoms with Crippen molar-refractivity contribution in [2.75, 3.05) is 26.6 Å². The highest BCUT2D eigenvalue weighted by molar-refractivity contribution is 7.22. The van der Waals surface area contributed by atoms with Crippen LogP contribution < -0.4 is 19.5 Å². The second-order valence-electron chi connectivity index (χ2n) is 4.99. The van der Waals surface area contributed by atoms with Crippen LogP contribution in [-0.2, 0) is 0 Å². The van der Waals surface area contributed by atoms with E-state index in [1.807, 2.05) is 6.07 Å². The molecule has 0 unspecified atom stereocenters. The number of thiazole rings is 1. The normalized spacial score (nSPS) is 10.6. The van der Waals surface area contributed by atoms with E-state index in [0.717, 1.165) is 4.70 Å². The lowest BCUT2D eigenvalue weighted by atomic mass is 10.2. The number of carbonyl (C=O) groups is 1. The molecule has 6 nitrogen and oxygen atoms in total. The molecule has 1 N–H and O–H groups in total. The van der Waals surface area contributed by atoms with Gasteiger partial charge in [-0.15, -0.1) is 0 Å². The van der Waals surface area contributed by atoms with Crippen LogP contribution in [0.15, 0.2) is 30.3 Å². The Kier molecular flexibility index (Phi) is 4.96. The minimum atomic E-state index is -0.350. The number of ether oxygens (including phenoxy) is 3. The van der Waals surface area contributed by atoms with E-state index in [0.29, 0.717) is 38.5 Å². The molecule has 0 aliphatic carbocycles. The SMILES string of the molecule is COc1cc2nc(NC(=O)c3cc(Cl)ccc3OC)sc2cc1OC. The van der Waals surface area contributed by atoms with Gasteiger partial charge in [0.05, 0.1) is 37.1 Å². The Morgan fingerprint density at radius 1 is 1.04 bits per heavy atom. The average Bonchev–Trinajstić information content (AvgIpc) is 3.01. The van der Waals surface area contributed by atoms with Crippen LogP contribution in [0.25, 0.3) is 10.2 Å². The first kappa shape index (κ1) is 17.3. The molecule has 0 fully saturated rings. The van der Waals surface area contributed by atoms with Crippen molar-refractivity contribution < 1.29 is 19.0 Å². The lowest BCUT2D eigenvalue weighted by molar-refractivity contribution is 0.102. The fraction of sp³-hybridized carbons (Fsp3) is 0.176. The molecule has 3 rings (SSSR count). The molecule has 0 saturated carbocycles. The van der Waals surface area contributed by atoms with E-state index < -0.39 is 0 Å². The van der Waals surface area contributed by atoms with Gasteiger partial charge in [0, 0.05) is 17.2 Å². The van der Waals surface area contributed by atoms with Crippen LogP contribution >= 0.6 is 22.9 Å². The summed E-state index contributed by atoms with van der Waals surface area (Å²) in [4.78, 5) is 17.0. The van der Waals surface area contributed by atoms with E-state index in [2.05, 4.69) is 10.3 Å². The zero-order chi connectivity index (χ0) is 18.0. The molecule has 1 heterocycles. The number of carbonyl (C=O) groups excluding carboxylic acids is 1. The fourth-order valence-corrected chi connectivity index (χ4v) is 3.37. The zero-order valence-electron chi connectivity index (χ0n) is 13.8. The van der Waals surface area contributed by atoms with Crippen LogP contribution in [-0.4, -0.2) is 32.2 Å². The quantitative estimate of drug-likeness (QED) is 0.719. The van der Waals surface area contributed by atoms with Crippen molar-refractivity contribution in [2.24, 2.45) is 0 Å². The number of fused-ring (bicyclic) bond motifs is 1. The van der Waals surface area contributed by atoms with Crippen molar-refractivity contribution in [1.82, 2.24) is 4.98 Å². The van der Waals surface area contributed by atoms with Gasteiger partial charge >= 0.3 is 0 Å². The summed E-state index contributed by atoms with van der Waals surface area (Å²) in [7, 11) is 4.62. The van der Waals surface area contributed by atoms with Crippen LogP contribution in [0, 0.1) is 0 Å². The molecular weight excluding hydrogens is 364 g/mol. The molecule has 2 aromatic carbocycles. The average molecular weight is 379 g/mol.